The molecule has 2 aromatic carbocycles. The van der Waals surface area contributed by atoms with Gasteiger partial charge in [0.1, 0.15) is 18.2 Å². The van der Waals surface area contributed by atoms with Crippen LogP contribution >= 0.6 is 0 Å². The quantitative estimate of drug-likeness (QED) is 0.488. The van der Waals surface area contributed by atoms with E-state index in [1.165, 1.54) is 0 Å². The molecule has 0 unspecified atom stereocenters. The Balaban J connectivity index is 1.45. The van der Waals surface area contributed by atoms with Gasteiger partial charge in [0, 0.05) is 30.1 Å². The molecule has 4 rings (SSSR count). The van der Waals surface area contributed by atoms with Crippen molar-refractivity contribution in [1.29, 1.82) is 0 Å². The molecular formula is C25H24N4O2. The average Bonchev–Trinajstić information content (AvgIpc) is 3.13. The molecule has 156 valence electrons. The lowest BCUT2D eigenvalue weighted by molar-refractivity contribution is 0.102. The molecule has 1 N–H and O–H groups in total. The molecule has 0 bridgehead atoms. The summed E-state index contributed by atoms with van der Waals surface area (Å²) in [5.74, 6) is 1.45. The van der Waals surface area contributed by atoms with Crippen LogP contribution in [0.2, 0.25) is 0 Å². The smallest absolute Gasteiger partial charge is 0.255 e. The highest BCUT2D eigenvalue weighted by Crippen LogP contribution is 2.26. The zero-order valence-electron chi connectivity index (χ0n) is 17.8. The van der Waals surface area contributed by atoms with Crippen molar-refractivity contribution in [3.05, 3.63) is 95.7 Å². The maximum absolute atomic E-state index is 12.8. The lowest BCUT2D eigenvalue weighted by Crippen LogP contribution is -2.13. The normalized spacial score (nSPS) is 10.7. The minimum Gasteiger partial charge on any atom is -0.487 e. The van der Waals surface area contributed by atoms with Crippen LogP contribution in [0.3, 0.4) is 0 Å². The van der Waals surface area contributed by atoms with Gasteiger partial charge in [-0.25, -0.2) is 4.98 Å². The Kier molecular flexibility index (Phi) is 5.80. The van der Waals surface area contributed by atoms with Crippen LogP contribution in [0.1, 0.15) is 27.4 Å². The second-order valence-corrected chi connectivity index (χ2v) is 7.37. The number of pyridine rings is 1. The molecule has 0 aliphatic rings. The number of nitrogens with zero attached hydrogens (tertiary/aromatic N) is 3. The lowest BCUT2D eigenvalue weighted by atomic mass is 10.1. The van der Waals surface area contributed by atoms with E-state index >= 15 is 0 Å². The van der Waals surface area contributed by atoms with Crippen molar-refractivity contribution in [1.82, 2.24) is 14.5 Å². The van der Waals surface area contributed by atoms with Gasteiger partial charge in [-0.2, -0.15) is 0 Å². The van der Waals surface area contributed by atoms with Gasteiger partial charge in [-0.15, -0.1) is 0 Å². The predicted octanol–water partition coefficient (Wildman–Crippen LogP) is 4.93. The fourth-order valence-corrected chi connectivity index (χ4v) is 3.22. The number of aryl methyl sites for hydroxylation is 2. The summed E-state index contributed by atoms with van der Waals surface area (Å²) in [6, 6.07) is 18.8. The molecule has 31 heavy (non-hydrogen) atoms. The minimum atomic E-state index is -0.169. The molecule has 0 fully saturated rings. The summed E-state index contributed by atoms with van der Waals surface area (Å²) in [7, 11) is 1.98. The summed E-state index contributed by atoms with van der Waals surface area (Å²) in [5, 5.41) is 3.02. The molecule has 0 spiro atoms. The van der Waals surface area contributed by atoms with Crippen molar-refractivity contribution < 1.29 is 9.53 Å². The number of ether oxygens (including phenoxy) is 1. The number of hydrogen-bond donors (Lipinski definition) is 1. The molecule has 0 atom stereocenters. The van der Waals surface area contributed by atoms with Crippen LogP contribution in [-0.2, 0) is 13.7 Å². The van der Waals surface area contributed by atoms with Crippen LogP contribution < -0.4 is 10.1 Å². The van der Waals surface area contributed by atoms with E-state index in [-0.39, 0.29) is 5.91 Å². The first-order valence-electron chi connectivity index (χ1n) is 10.0. The summed E-state index contributed by atoms with van der Waals surface area (Å²) in [6.07, 6.45) is 3.58. The van der Waals surface area contributed by atoms with Gasteiger partial charge in [-0.3, -0.25) is 9.78 Å². The molecule has 0 radical (unpaired) electrons. The maximum Gasteiger partial charge on any atom is 0.255 e. The minimum absolute atomic E-state index is 0.169. The van der Waals surface area contributed by atoms with Crippen molar-refractivity contribution in [3.63, 3.8) is 0 Å². The van der Waals surface area contributed by atoms with E-state index in [1.807, 2.05) is 68.1 Å². The van der Waals surface area contributed by atoms with Crippen LogP contribution in [0.15, 0.2) is 73.1 Å². The Morgan fingerprint density at radius 1 is 1.03 bits per heavy atom. The summed E-state index contributed by atoms with van der Waals surface area (Å²) >= 11 is 0. The highest BCUT2D eigenvalue weighted by molar-refractivity contribution is 6.05. The summed E-state index contributed by atoms with van der Waals surface area (Å²) in [5.41, 5.74) is 5.18. The van der Waals surface area contributed by atoms with E-state index in [9.17, 15) is 4.79 Å². The van der Waals surface area contributed by atoms with Crippen molar-refractivity contribution in [2.75, 3.05) is 5.32 Å². The molecule has 0 aliphatic heterocycles. The summed E-state index contributed by atoms with van der Waals surface area (Å²) in [6.45, 7) is 4.32. The number of hydrogen-bond acceptors (Lipinski definition) is 4. The highest BCUT2D eigenvalue weighted by atomic mass is 16.5. The number of benzene rings is 2. The SMILES string of the molecule is Cc1ccc(-c2cnc(C)n2C)cc1NC(=O)c1ccc(OCc2ccccn2)cc1. The number of carbonyl (C=O) groups is 1. The van der Waals surface area contributed by atoms with E-state index in [0.29, 0.717) is 17.9 Å². The third kappa shape index (κ3) is 4.64. The maximum atomic E-state index is 12.8. The largest absolute Gasteiger partial charge is 0.487 e. The van der Waals surface area contributed by atoms with E-state index in [4.69, 9.17) is 4.74 Å². The van der Waals surface area contributed by atoms with Gasteiger partial charge < -0.3 is 14.6 Å². The Bertz CT molecular complexity index is 1200. The fraction of sp³-hybridized carbons (Fsp3) is 0.160. The van der Waals surface area contributed by atoms with Gasteiger partial charge in [0.2, 0.25) is 0 Å². The van der Waals surface area contributed by atoms with Crippen LogP contribution in [0, 0.1) is 13.8 Å². The zero-order valence-corrected chi connectivity index (χ0v) is 17.8. The standard InChI is InChI=1S/C25H24N4O2/c1-17-7-8-20(24-15-27-18(2)29(24)3)14-23(17)28-25(30)19-9-11-22(12-10-19)31-16-21-6-4-5-13-26-21/h4-15H,16H2,1-3H3,(H,28,30). The number of carbonyl (C=O) groups excluding carboxylic acids is 1. The number of aromatic nitrogens is 3. The molecule has 6 nitrogen and oxygen atoms in total. The third-order valence-electron chi connectivity index (χ3n) is 5.23. The third-order valence-corrected chi connectivity index (χ3v) is 5.23. The molecule has 2 aromatic heterocycles. The topological polar surface area (TPSA) is 69.0 Å². The van der Waals surface area contributed by atoms with Crippen molar-refractivity contribution in [2.24, 2.45) is 7.05 Å². The molecule has 6 heteroatoms. The van der Waals surface area contributed by atoms with Crippen molar-refractivity contribution in [2.45, 2.75) is 20.5 Å². The van der Waals surface area contributed by atoms with Crippen LogP contribution in [0.25, 0.3) is 11.3 Å². The van der Waals surface area contributed by atoms with Gasteiger partial charge in [0.15, 0.2) is 0 Å². The second-order valence-electron chi connectivity index (χ2n) is 7.37. The van der Waals surface area contributed by atoms with Crippen molar-refractivity contribution >= 4 is 11.6 Å². The van der Waals surface area contributed by atoms with Crippen LogP contribution in [0.4, 0.5) is 5.69 Å². The zero-order chi connectivity index (χ0) is 21.8. The van der Waals surface area contributed by atoms with E-state index in [1.54, 1.807) is 30.5 Å². The lowest BCUT2D eigenvalue weighted by Gasteiger charge is -2.12. The van der Waals surface area contributed by atoms with Gasteiger partial charge >= 0.3 is 0 Å². The first-order valence-corrected chi connectivity index (χ1v) is 10.0. The van der Waals surface area contributed by atoms with Crippen LogP contribution in [-0.4, -0.2) is 20.4 Å². The Labute approximate surface area is 181 Å². The highest BCUT2D eigenvalue weighted by Gasteiger charge is 2.11. The number of anilines is 1. The van der Waals surface area contributed by atoms with E-state index < -0.39 is 0 Å². The second kappa shape index (κ2) is 8.83. The molecule has 0 aliphatic carbocycles. The molecule has 1 amide bonds. The van der Waals surface area contributed by atoms with Crippen molar-refractivity contribution in [3.8, 4) is 17.0 Å². The Hall–Kier alpha value is -3.93. The molecule has 2 heterocycles. The fourth-order valence-electron chi connectivity index (χ4n) is 3.22. The van der Waals surface area contributed by atoms with Gasteiger partial charge in [0.25, 0.3) is 5.91 Å². The monoisotopic (exact) mass is 412 g/mol. The number of rotatable bonds is 6. The molecular weight excluding hydrogens is 388 g/mol. The Morgan fingerprint density at radius 2 is 1.84 bits per heavy atom. The molecule has 0 saturated heterocycles. The number of imidazole rings is 1. The predicted molar refractivity (Wildman–Crippen MR) is 121 cm³/mol. The first kappa shape index (κ1) is 20.3. The van der Waals surface area contributed by atoms with E-state index in [2.05, 4.69) is 15.3 Å². The average molecular weight is 412 g/mol. The van der Waals surface area contributed by atoms with Gasteiger partial charge in [-0.1, -0.05) is 18.2 Å². The molecule has 0 saturated carbocycles. The summed E-state index contributed by atoms with van der Waals surface area (Å²) < 4.78 is 7.77. The molecule has 4 aromatic rings. The van der Waals surface area contributed by atoms with Gasteiger partial charge in [0.05, 0.1) is 17.6 Å². The van der Waals surface area contributed by atoms with Crippen LogP contribution in [0.5, 0.6) is 5.75 Å². The van der Waals surface area contributed by atoms with E-state index in [0.717, 1.165) is 34.0 Å². The number of nitrogens with one attached hydrogen (secondary N) is 1. The first-order chi connectivity index (χ1) is 15.0. The number of amides is 1. The van der Waals surface area contributed by atoms with Gasteiger partial charge in [-0.05, 0) is 61.9 Å². The Morgan fingerprint density at radius 3 is 2.52 bits per heavy atom. The summed E-state index contributed by atoms with van der Waals surface area (Å²) in [4.78, 5) is 21.4.